The molecule has 132 valence electrons. The maximum absolute atomic E-state index is 12.7. The number of halogens is 4. The number of carbonyl (C=O) groups is 2. The molecule has 1 fully saturated rings. The van der Waals surface area contributed by atoms with Gasteiger partial charge in [-0.15, -0.1) is 0 Å². The van der Waals surface area contributed by atoms with E-state index in [1.165, 1.54) is 0 Å². The zero-order valence-corrected chi connectivity index (χ0v) is 13.8. The number of nitrogens with one attached hydrogen (secondary N) is 2. The van der Waals surface area contributed by atoms with Crippen molar-refractivity contribution in [2.75, 3.05) is 5.32 Å². The van der Waals surface area contributed by atoms with E-state index in [0.717, 1.165) is 37.8 Å². The molecule has 0 aliphatic heterocycles. The lowest BCUT2D eigenvalue weighted by atomic mass is 9.86. The fraction of sp³-hybridized carbons (Fsp3) is 0.500. The topological polar surface area (TPSA) is 58.2 Å². The molecular weight excluding hydrogens is 345 g/mol. The third-order valence-electron chi connectivity index (χ3n) is 4.18. The van der Waals surface area contributed by atoms with E-state index in [-0.39, 0.29) is 22.7 Å². The molecule has 0 heterocycles. The normalized spacial score (nSPS) is 21.2. The molecule has 1 aliphatic rings. The number of rotatable bonds is 2. The van der Waals surface area contributed by atoms with E-state index in [1.54, 1.807) is 0 Å². The summed E-state index contributed by atoms with van der Waals surface area (Å²) < 4.78 is 38.1. The maximum atomic E-state index is 12.7. The SMILES string of the molecule is C[C@@H]1CCCC[C@H]1NC(=O)C(=O)Nc1cc(C(F)(F)F)ccc1Cl. The van der Waals surface area contributed by atoms with E-state index >= 15 is 0 Å². The van der Waals surface area contributed by atoms with Gasteiger partial charge >= 0.3 is 18.0 Å². The molecule has 0 bridgehead atoms. The minimum Gasteiger partial charge on any atom is -0.345 e. The van der Waals surface area contributed by atoms with Crippen LogP contribution in [0.1, 0.15) is 38.2 Å². The summed E-state index contributed by atoms with van der Waals surface area (Å²) in [6, 6.07) is 2.44. The second kappa shape index (κ2) is 7.42. The van der Waals surface area contributed by atoms with Gasteiger partial charge in [-0.3, -0.25) is 9.59 Å². The smallest absolute Gasteiger partial charge is 0.345 e. The van der Waals surface area contributed by atoms with Gasteiger partial charge in [0.15, 0.2) is 0 Å². The molecule has 0 unspecified atom stereocenters. The number of alkyl halides is 3. The van der Waals surface area contributed by atoms with Crippen LogP contribution in [0.15, 0.2) is 18.2 Å². The molecule has 2 atom stereocenters. The van der Waals surface area contributed by atoms with Crippen LogP contribution in [0, 0.1) is 5.92 Å². The van der Waals surface area contributed by atoms with Gasteiger partial charge in [0.1, 0.15) is 0 Å². The van der Waals surface area contributed by atoms with Crippen LogP contribution in [0.2, 0.25) is 5.02 Å². The predicted molar refractivity (Wildman–Crippen MR) is 84.6 cm³/mol. The monoisotopic (exact) mass is 362 g/mol. The molecule has 1 aliphatic carbocycles. The van der Waals surface area contributed by atoms with E-state index in [0.29, 0.717) is 6.07 Å². The van der Waals surface area contributed by atoms with E-state index < -0.39 is 23.6 Å². The molecule has 0 radical (unpaired) electrons. The molecule has 2 amide bonds. The number of hydrogen-bond acceptors (Lipinski definition) is 2. The van der Waals surface area contributed by atoms with Crippen LogP contribution in [0.3, 0.4) is 0 Å². The van der Waals surface area contributed by atoms with E-state index in [4.69, 9.17) is 11.6 Å². The number of carbonyl (C=O) groups excluding carboxylic acids is 2. The number of hydrogen-bond donors (Lipinski definition) is 2. The molecule has 4 nitrogen and oxygen atoms in total. The van der Waals surface area contributed by atoms with Gasteiger partial charge in [-0.1, -0.05) is 31.4 Å². The fourth-order valence-corrected chi connectivity index (χ4v) is 2.91. The first-order valence-corrected chi connectivity index (χ1v) is 8.05. The number of amides is 2. The maximum Gasteiger partial charge on any atom is 0.416 e. The summed E-state index contributed by atoms with van der Waals surface area (Å²) >= 11 is 5.80. The van der Waals surface area contributed by atoms with Crippen molar-refractivity contribution < 1.29 is 22.8 Å². The Hall–Kier alpha value is -1.76. The van der Waals surface area contributed by atoms with Crippen molar-refractivity contribution in [2.45, 2.75) is 44.8 Å². The highest BCUT2D eigenvalue weighted by Crippen LogP contribution is 2.33. The molecule has 2 rings (SSSR count). The van der Waals surface area contributed by atoms with Crippen LogP contribution in [-0.2, 0) is 15.8 Å². The van der Waals surface area contributed by atoms with Gasteiger partial charge in [-0.2, -0.15) is 13.2 Å². The minimum absolute atomic E-state index is 0.0739. The molecule has 0 saturated heterocycles. The molecule has 1 aromatic rings. The second-order valence-corrected chi connectivity index (χ2v) is 6.40. The van der Waals surface area contributed by atoms with Crippen LogP contribution in [0.5, 0.6) is 0 Å². The molecule has 8 heteroatoms. The van der Waals surface area contributed by atoms with Gasteiger partial charge < -0.3 is 10.6 Å². The summed E-state index contributed by atoms with van der Waals surface area (Å²) in [7, 11) is 0. The lowest BCUT2D eigenvalue weighted by molar-refractivity contribution is -0.137. The number of anilines is 1. The van der Waals surface area contributed by atoms with Crippen molar-refractivity contribution in [3.05, 3.63) is 28.8 Å². The van der Waals surface area contributed by atoms with Crippen molar-refractivity contribution in [1.82, 2.24) is 5.32 Å². The van der Waals surface area contributed by atoms with Crippen LogP contribution >= 0.6 is 11.6 Å². The van der Waals surface area contributed by atoms with Crippen molar-refractivity contribution in [2.24, 2.45) is 5.92 Å². The van der Waals surface area contributed by atoms with Crippen LogP contribution in [-0.4, -0.2) is 17.9 Å². The lowest BCUT2D eigenvalue weighted by Gasteiger charge is -2.29. The molecule has 2 N–H and O–H groups in total. The molecule has 1 aromatic carbocycles. The average Bonchev–Trinajstić information content (AvgIpc) is 2.50. The lowest BCUT2D eigenvalue weighted by Crippen LogP contribution is -2.45. The Balaban J connectivity index is 2.04. The Morgan fingerprint density at radius 3 is 2.46 bits per heavy atom. The van der Waals surface area contributed by atoms with Gasteiger partial charge in [0.25, 0.3) is 0 Å². The Morgan fingerprint density at radius 2 is 1.83 bits per heavy atom. The highest BCUT2D eigenvalue weighted by molar-refractivity contribution is 6.41. The summed E-state index contributed by atoms with van der Waals surface area (Å²) in [5.41, 5.74) is -1.20. The van der Waals surface area contributed by atoms with E-state index in [9.17, 15) is 22.8 Å². The van der Waals surface area contributed by atoms with Gasteiger partial charge in [-0.25, -0.2) is 0 Å². The molecular formula is C16H18ClF3N2O2. The quantitative estimate of drug-likeness (QED) is 0.781. The Labute approximate surface area is 142 Å². The standard InChI is InChI=1S/C16H18ClF3N2O2/c1-9-4-2-3-5-12(9)21-14(23)15(24)22-13-8-10(16(18,19)20)6-7-11(13)17/h6-9,12H,2-5H2,1H3,(H,21,23)(H,22,24)/t9-,12-/m1/s1. The van der Waals surface area contributed by atoms with Crippen LogP contribution in [0.25, 0.3) is 0 Å². The molecule has 1 saturated carbocycles. The Morgan fingerprint density at radius 1 is 1.17 bits per heavy atom. The van der Waals surface area contributed by atoms with Gasteiger partial charge in [-0.05, 0) is 37.0 Å². The summed E-state index contributed by atoms with van der Waals surface area (Å²) in [5, 5.41) is 4.71. The Bertz CT molecular complexity index is 634. The Kier molecular flexibility index (Phi) is 5.74. The molecule has 0 aromatic heterocycles. The average molecular weight is 363 g/mol. The van der Waals surface area contributed by atoms with Crippen molar-refractivity contribution >= 4 is 29.1 Å². The first-order valence-electron chi connectivity index (χ1n) is 7.67. The van der Waals surface area contributed by atoms with Crippen molar-refractivity contribution in [3.63, 3.8) is 0 Å². The highest BCUT2D eigenvalue weighted by Gasteiger charge is 2.31. The third-order valence-corrected chi connectivity index (χ3v) is 4.51. The predicted octanol–water partition coefficient (Wildman–Crippen LogP) is 3.99. The summed E-state index contributed by atoms with van der Waals surface area (Å²) in [6.07, 6.45) is -0.768. The van der Waals surface area contributed by atoms with E-state index in [2.05, 4.69) is 10.6 Å². The van der Waals surface area contributed by atoms with Crippen LogP contribution in [0.4, 0.5) is 18.9 Å². The summed E-state index contributed by atoms with van der Waals surface area (Å²) in [6.45, 7) is 1.99. The molecule has 0 spiro atoms. The van der Waals surface area contributed by atoms with Gasteiger partial charge in [0, 0.05) is 6.04 Å². The largest absolute Gasteiger partial charge is 0.416 e. The van der Waals surface area contributed by atoms with Crippen molar-refractivity contribution in [3.8, 4) is 0 Å². The van der Waals surface area contributed by atoms with Gasteiger partial charge in [0.2, 0.25) is 0 Å². The highest BCUT2D eigenvalue weighted by atomic mass is 35.5. The minimum atomic E-state index is -4.57. The molecule has 24 heavy (non-hydrogen) atoms. The zero-order valence-electron chi connectivity index (χ0n) is 13.0. The van der Waals surface area contributed by atoms with Crippen LogP contribution < -0.4 is 10.6 Å². The third kappa shape index (κ3) is 4.63. The first kappa shape index (κ1) is 18.6. The first-order chi connectivity index (χ1) is 11.2. The second-order valence-electron chi connectivity index (χ2n) is 5.99. The van der Waals surface area contributed by atoms with E-state index in [1.807, 2.05) is 6.92 Å². The van der Waals surface area contributed by atoms with Gasteiger partial charge in [0.05, 0.1) is 16.3 Å². The summed E-state index contributed by atoms with van der Waals surface area (Å²) in [4.78, 5) is 23.9. The zero-order chi connectivity index (χ0) is 17.9. The van der Waals surface area contributed by atoms with Crippen molar-refractivity contribution in [1.29, 1.82) is 0 Å². The number of benzene rings is 1. The summed E-state index contributed by atoms with van der Waals surface area (Å²) in [5.74, 6) is -1.65. The fourth-order valence-electron chi connectivity index (χ4n) is 2.74.